The number of aryl methyl sites for hydroxylation is 4. The summed E-state index contributed by atoms with van der Waals surface area (Å²) in [6.45, 7) is 11.2. The number of aromatic nitrogens is 1. The number of hydrogen-bond donors (Lipinski definition) is 0. The molecule has 0 N–H and O–H groups in total. The number of rotatable bonds is 8. The second kappa shape index (κ2) is 18.6. The van der Waals surface area contributed by atoms with Crippen molar-refractivity contribution in [3.63, 3.8) is 0 Å². The first kappa shape index (κ1) is 50.0. The van der Waals surface area contributed by atoms with Crippen molar-refractivity contribution in [1.29, 1.82) is 0 Å². The van der Waals surface area contributed by atoms with Crippen LogP contribution in [0.25, 0.3) is 99.1 Å². The fraction of sp³-hybridized carbons (Fsp3) is 0.122. The van der Waals surface area contributed by atoms with Crippen molar-refractivity contribution < 1.29 is 8.83 Å². The average Bonchev–Trinajstić information content (AvgIpc) is 1.52. The third-order valence-corrected chi connectivity index (χ3v) is 20.0. The highest BCUT2D eigenvalue weighted by molar-refractivity contribution is 6.21. The molecule has 2 aliphatic carbocycles. The number of fused-ring (bicyclic) bond motifs is 22. The summed E-state index contributed by atoms with van der Waals surface area (Å²) >= 11 is 0. The fourth-order valence-corrected chi connectivity index (χ4v) is 16.0. The minimum Gasteiger partial charge on any atom is -0.458 e. The molecule has 416 valence electrons. The van der Waals surface area contributed by atoms with Gasteiger partial charge in [0.15, 0.2) is 5.58 Å². The zero-order valence-corrected chi connectivity index (χ0v) is 49.3. The first-order valence-corrected chi connectivity index (χ1v) is 31.0. The molecule has 0 saturated carbocycles. The second-order valence-corrected chi connectivity index (χ2v) is 24.5. The van der Waals surface area contributed by atoms with Gasteiger partial charge in [0.05, 0.1) is 45.2 Å². The van der Waals surface area contributed by atoms with E-state index in [1.165, 1.54) is 88.2 Å². The molecule has 0 radical (unpaired) electrons. The van der Waals surface area contributed by atoms with Crippen LogP contribution in [0.4, 0.5) is 28.4 Å². The van der Waals surface area contributed by atoms with E-state index < -0.39 is 5.41 Å². The van der Waals surface area contributed by atoms with Crippen LogP contribution < -0.4 is 9.80 Å². The molecule has 3 unspecified atom stereocenters. The van der Waals surface area contributed by atoms with Crippen LogP contribution in [-0.4, -0.2) is 4.57 Å². The van der Waals surface area contributed by atoms with Crippen LogP contribution in [0.3, 0.4) is 0 Å². The molecule has 87 heavy (non-hydrogen) atoms. The van der Waals surface area contributed by atoms with Crippen molar-refractivity contribution in [3.05, 3.63) is 292 Å². The molecule has 0 bridgehead atoms. The Morgan fingerprint density at radius 1 is 0.437 bits per heavy atom. The van der Waals surface area contributed by atoms with E-state index in [0.29, 0.717) is 0 Å². The van der Waals surface area contributed by atoms with E-state index in [1.54, 1.807) is 0 Å². The second-order valence-electron chi connectivity index (χ2n) is 24.5. The minimum absolute atomic E-state index is 0.0752. The monoisotopic (exact) mass is 1120 g/mol. The van der Waals surface area contributed by atoms with Crippen molar-refractivity contribution in [2.24, 2.45) is 5.92 Å². The molecule has 0 fully saturated rings. The molecule has 5 heteroatoms. The van der Waals surface area contributed by atoms with Gasteiger partial charge in [0.25, 0.3) is 0 Å². The Hall–Kier alpha value is -10.4. The van der Waals surface area contributed by atoms with Crippen molar-refractivity contribution >= 4 is 111 Å². The molecule has 3 aliphatic rings. The van der Waals surface area contributed by atoms with Crippen LogP contribution in [0.5, 0.6) is 0 Å². The highest BCUT2D eigenvalue weighted by Gasteiger charge is 2.53. The molecule has 0 saturated heterocycles. The summed E-state index contributed by atoms with van der Waals surface area (Å²) in [6.07, 6.45) is 6.61. The predicted octanol–water partition coefficient (Wildman–Crippen LogP) is 22.2. The third-order valence-electron chi connectivity index (χ3n) is 20.0. The van der Waals surface area contributed by atoms with Gasteiger partial charge in [-0.1, -0.05) is 209 Å². The molecular weight excluding hydrogens is 1060 g/mol. The summed E-state index contributed by atoms with van der Waals surface area (Å²) in [6, 6.07) is 87.2. The zero-order chi connectivity index (χ0) is 58.0. The lowest BCUT2D eigenvalue weighted by Gasteiger charge is -2.41. The van der Waals surface area contributed by atoms with E-state index in [0.717, 1.165) is 102 Å². The number of para-hydroxylation sites is 6. The maximum absolute atomic E-state index is 7.30. The van der Waals surface area contributed by atoms with Gasteiger partial charge in [-0.15, -0.1) is 0 Å². The van der Waals surface area contributed by atoms with Crippen LogP contribution >= 0.6 is 0 Å². The quantitative estimate of drug-likeness (QED) is 0.152. The van der Waals surface area contributed by atoms with Gasteiger partial charge < -0.3 is 23.2 Å². The lowest BCUT2D eigenvalue weighted by atomic mass is 9.65. The van der Waals surface area contributed by atoms with Gasteiger partial charge in [0, 0.05) is 60.6 Å². The van der Waals surface area contributed by atoms with Crippen LogP contribution in [0.1, 0.15) is 82.6 Å². The Kier molecular flexibility index (Phi) is 10.7. The number of furan rings is 2. The van der Waals surface area contributed by atoms with Crippen molar-refractivity contribution in [2.75, 3.05) is 9.80 Å². The molecule has 0 amide bonds. The first-order valence-electron chi connectivity index (χ1n) is 31.0. The smallest absolute Gasteiger partial charge is 0.159 e. The normalized spacial score (nSPS) is 16.4. The summed E-state index contributed by atoms with van der Waals surface area (Å²) < 4.78 is 17.0. The molecule has 1 spiro atoms. The Labute approximate surface area is 505 Å². The Balaban J connectivity index is 1.02. The van der Waals surface area contributed by atoms with Gasteiger partial charge in [-0.25, -0.2) is 0 Å². The Bertz CT molecular complexity index is 5440. The van der Waals surface area contributed by atoms with Crippen LogP contribution in [0, 0.1) is 19.8 Å². The predicted molar refractivity (Wildman–Crippen MR) is 363 cm³/mol. The van der Waals surface area contributed by atoms with Crippen molar-refractivity contribution in [3.8, 4) is 16.8 Å². The zero-order valence-electron chi connectivity index (χ0n) is 49.3. The molecule has 3 aromatic heterocycles. The van der Waals surface area contributed by atoms with Crippen molar-refractivity contribution in [1.82, 2.24) is 4.57 Å². The summed E-state index contributed by atoms with van der Waals surface area (Å²) in [4.78, 5) is 5.15. The summed E-state index contributed by atoms with van der Waals surface area (Å²) in [7, 11) is 0. The largest absolute Gasteiger partial charge is 0.458 e. The van der Waals surface area contributed by atoms with E-state index >= 15 is 0 Å². The minimum atomic E-state index is -0.861. The summed E-state index contributed by atoms with van der Waals surface area (Å²) in [5.74, 6) is 1.07. The highest BCUT2D eigenvalue weighted by Crippen LogP contribution is 2.66. The standard InChI is InChI=1S/C82H61N3O2/c1-6-51-37-41-53(42-38-51)83(71-35-19-30-63-61-28-16-20-49(4)78(61)86-80(63)71)72-46-67-74(58-25-10-8-22-55(58)72)75-59-26-11-9-23-56(59)73(84(54-43-39-52(7-2)40-44-54)76-48(3)36-45-64-62-29-17-21-50(5)79(62)87-81(64)76)47-68(75)82(67)65-31-13-15-34-70(65)85-69-33-14-12-24-57(69)60-27-18-32-66(82)77(60)85/h8-48,76H,6-7H2,1-5H3. The molecule has 3 atom stereocenters. The van der Waals surface area contributed by atoms with Gasteiger partial charge in [0.2, 0.25) is 0 Å². The lowest BCUT2D eigenvalue weighted by Crippen LogP contribution is -2.34. The van der Waals surface area contributed by atoms with Gasteiger partial charge in [0.1, 0.15) is 16.9 Å². The molecule has 4 heterocycles. The van der Waals surface area contributed by atoms with Gasteiger partial charge in [-0.2, -0.15) is 0 Å². The first-order chi connectivity index (χ1) is 42.8. The third kappa shape index (κ3) is 6.74. The molecule has 12 aromatic carbocycles. The summed E-state index contributed by atoms with van der Waals surface area (Å²) in [5, 5.41) is 10.6. The molecule has 18 rings (SSSR count). The number of nitrogens with zero attached hydrogens (tertiary/aromatic N) is 3. The van der Waals surface area contributed by atoms with E-state index in [1.807, 2.05) is 0 Å². The topological polar surface area (TPSA) is 37.7 Å². The molecular formula is C82H61N3O2. The van der Waals surface area contributed by atoms with Crippen molar-refractivity contribution in [2.45, 2.75) is 58.9 Å². The van der Waals surface area contributed by atoms with Crippen LogP contribution in [-0.2, 0) is 18.3 Å². The summed E-state index contributed by atoms with van der Waals surface area (Å²) in [5.41, 5.74) is 24.4. The van der Waals surface area contributed by atoms with Gasteiger partial charge >= 0.3 is 0 Å². The number of hydrogen-bond acceptors (Lipinski definition) is 4. The lowest BCUT2D eigenvalue weighted by molar-refractivity contribution is 0.432. The molecule has 15 aromatic rings. The average molecular weight is 1120 g/mol. The maximum atomic E-state index is 7.30. The maximum Gasteiger partial charge on any atom is 0.159 e. The fourth-order valence-electron chi connectivity index (χ4n) is 16.0. The van der Waals surface area contributed by atoms with Gasteiger partial charge in [-0.05, 0) is 148 Å². The SMILES string of the molecule is CCc1ccc(N(c2cc3c(c4ccccc24)-c2c(cc(N(c4ccc(CC)cc4)C4c5oc6c(C)cccc6c5C=CC4C)c4ccccc24)C32c3ccccc3-n3c4ccccc4c4cccc2c43)c2cccc3c2oc2c(C)cccc23)cc1. The highest BCUT2D eigenvalue weighted by atomic mass is 16.3. The number of benzene rings is 12. The van der Waals surface area contributed by atoms with E-state index in [2.05, 4.69) is 292 Å². The van der Waals surface area contributed by atoms with E-state index in [4.69, 9.17) is 8.83 Å². The van der Waals surface area contributed by atoms with E-state index in [9.17, 15) is 0 Å². The molecule has 5 nitrogen and oxygen atoms in total. The van der Waals surface area contributed by atoms with Gasteiger partial charge in [-0.3, -0.25) is 0 Å². The van der Waals surface area contributed by atoms with E-state index in [-0.39, 0.29) is 12.0 Å². The van der Waals surface area contributed by atoms with Crippen LogP contribution in [0.2, 0.25) is 0 Å². The Morgan fingerprint density at radius 3 is 1.67 bits per heavy atom. The Morgan fingerprint density at radius 2 is 0.966 bits per heavy atom. The van der Waals surface area contributed by atoms with Crippen LogP contribution in [0.15, 0.2) is 245 Å². The molecule has 1 aliphatic heterocycles. The number of anilines is 5.